The van der Waals surface area contributed by atoms with Crippen molar-refractivity contribution in [3.8, 4) is 11.3 Å². The Hall–Kier alpha value is -3.29. The molecule has 0 radical (unpaired) electrons. The van der Waals surface area contributed by atoms with Crippen LogP contribution in [0.1, 0.15) is 42.2 Å². The lowest BCUT2D eigenvalue weighted by Gasteiger charge is -2.32. The fourth-order valence-corrected chi connectivity index (χ4v) is 3.97. The molecule has 1 saturated heterocycles. The number of fused-ring (bicyclic) bond motifs is 1. The van der Waals surface area contributed by atoms with Gasteiger partial charge >= 0.3 is 0 Å². The molecule has 162 valence electrons. The van der Waals surface area contributed by atoms with E-state index < -0.39 is 0 Å². The van der Waals surface area contributed by atoms with E-state index >= 15 is 0 Å². The van der Waals surface area contributed by atoms with Crippen LogP contribution < -0.4 is 5.32 Å². The molecule has 1 unspecified atom stereocenters. The second-order valence-corrected chi connectivity index (χ2v) is 7.89. The van der Waals surface area contributed by atoms with Crippen molar-refractivity contribution >= 4 is 22.9 Å². The van der Waals surface area contributed by atoms with E-state index in [0.717, 1.165) is 19.3 Å². The van der Waals surface area contributed by atoms with Crippen molar-refractivity contribution in [3.05, 3.63) is 47.4 Å². The maximum absolute atomic E-state index is 13.5. The van der Waals surface area contributed by atoms with Crippen LogP contribution in [0.4, 0.5) is 4.39 Å². The Balaban J connectivity index is 1.67. The van der Waals surface area contributed by atoms with E-state index in [1.807, 2.05) is 6.92 Å². The van der Waals surface area contributed by atoms with Gasteiger partial charge in [0.1, 0.15) is 5.82 Å². The van der Waals surface area contributed by atoms with Gasteiger partial charge in [0, 0.05) is 25.2 Å². The van der Waals surface area contributed by atoms with Crippen molar-refractivity contribution in [1.82, 2.24) is 20.4 Å². The number of halogens is 1. The highest BCUT2D eigenvalue weighted by molar-refractivity contribution is 6.07. The number of benzene rings is 1. The number of nitrogens with zero attached hydrogens (tertiary/aromatic N) is 3. The number of likely N-dealkylation sites (tertiary alicyclic amines) is 1. The number of amides is 2. The molecule has 0 aliphatic carbocycles. The molecule has 31 heavy (non-hydrogen) atoms. The van der Waals surface area contributed by atoms with E-state index in [1.165, 1.54) is 12.1 Å². The van der Waals surface area contributed by atoms with Gasteiger partial charge in [-0.2, -0.15) is 0 Å². The molecule has 0 saturated carbocycles. The Bertz CT molecular complexity index is 1110. The minimum absolute atomic E-state index is 0.00705. The molecule has 4 rings (SSSR count). The summed E-state index contributed by atoms with van der Waals surface area (Å²) in [5.74, 6) is -0.762. The number of hydrogen-bond acceptors (Lipinski definition) is 5. The van der Waals surface area contributed by atoms with E-state index in [1.54, 1.807) is 30.0 Å². The predicted octanol–water partition coefficient (Wildman–Crippen LogP) is 3.72. The Morgan fingerprint density at radius 1 is 1.29 bits per heavy atom. The topological polar surface area (TPSA) is 88.3 Å². The van der Waals surface area contributed by atoms with Crippen LogP contribution in [0.15, 0.2) is 34.9 Å². The number of nitrogens with one attached hydrogen (secondary N) is 1. The average molecular weight is 424 g/mol. The average Bonchev–Trinajstić information content (AvgIpc) is 3.17. The van der Waals surface area contributed by atoms with Gasteiger partial charge in [-0.25, -0.2) is 9.37 Å². The maximum Gasteiger partial charge on any atom is 0.259 e. The Morgan fingerprint density at radius 2 is 2.06 bits per heavy atom. The third-order valence-electron chi connectivity index (χ3n) is 5.62. The van der Waals surface area contributed by atoms with Crippen LogP contribution in [0.5, 0.6) is 0 Å². The lowest BCUT2D eigenvalue weighted by Crippen LogP contribution is -2.45. The Morgan fingerprint density at radius 3 is 2.81 bits per heavy atom. The molecule has 2 aromatic heterocycles. The van der Waals surface area contributed by atoms with Crippen LogP contribution >= 0.6 is 0 Å². The molecule has 1 aromatic carbocycles. The summed E-state index contributed by atoms with van der Waals surface area (Å²) in [7, 11) is 0. The summed E-state index contributed by atoms with van der Waals surface area (Å²) in [5.41, 5.74) is 2.43. The van der Waals surface area contributed by atoms with E-state index in [4.69, 9.17) is 4.52 Å². The second-order valence-electron chi connectivity index (χ2n) is 7.89. The van der Waals surface area contributed by atoms with Crippen LogP contribution in [0.3, 0.4) is 0 Å². The van der Waals surface area contributed by atoms with Crippen molar-refractivity contribution in [3.63, 3.8) is 0 Å². The summed E-state index contributed by atoms with van der Waals surface area (Å²) >= 11 is 0. The smallest absolute Gasteiger partial charge is 0.259 e. The zero-order valence-electron chi connectivity index (χ0n) is 17.7. The Kier molecular flexibility index (Phi) is 5.97. The molecular formula is C23H25FN4O3. The SMILES string of the molecule is CCCNC(=O)C1CCCN(C(=O)c2cc(-c3ccc(F)cc3)nc3onc(C)c23)C1. The van der Waals surface area contributed by atoms with Crippen LogP contribution in [0.2, 0.25) is 0 Å². The van der Waals surface area contributed by atoms with Crippen molar-refractivity contribution in [1.29, 1.82) is 0 Å². The zero-order chi connectivity index (χ0) is 22.0. The molecule has 0 bridgehead atoms. The molecule has 8 heteroatoms. The van der Waals surface area contributed by atoms with Gasteiger partial charge < -0.3 is 14.7 Å². The van der Waals surface area contributed by atoms with Gasteiger partial charge in [-0.1, -0.05) is 12.1 Å². The van der Waals surface area contributed by atoms with Gasteiger partial charge in [0.25, 0.3) is 11.6 Å². The van der Waals surface area contributed by atoms with E-state index in [9.17, 15) is 14.0 Å². The quantitative estimate of drug-likeness (QED) is 0.674. The third kappa shape index (κ3) is 4.28. The molecule has 1 N–H and O–H groups in total. The number of carbonyl (C=O) groups is 2. The number of carbonyl (C=O) groups excluding carboxylic acids is 2. The van der Waals surface area contributed by atoms with Gasteiger partial charge in [-0.3, -0.25) is 9.59 Å². The fourth-order valence-electron chi connectivity index (χ4n) is 3.97. The van der Waals surface area contributed by atoms with Crippen molar-refractivity contribution in [2.75, 3.05) is 19.6 Å². The highest BCUT2D eigenvalue weighted by atomic mass is 19.1. The number of rotatable bonds is 5. The molecule has 1 fully saturated rings. The lowest BCUT2D eigenvalue weighted by atomic mass is 9.96. The molecule has 3 aromatic rings. The summed E-state index contributed by atoms with van der Waals surface area (Å²) in [6.45, 7) is 5.35. The third-order valence-corrected chi connectivity index (χ3v) is 5.62. The monoisotopic (exact) mass is 424 g/mol. The highest BCUT2D eigenvalue weighted by Gasteiger charge is 2.30. The summed E-state index contributed by atoms with van der Waals surface area (Å²) in [6, 6.07) is 7.60. The minimum Gasteiger partial charge on any atom is -0.356 e. The normalized spacial score (nSPS) is 16.5. The largest absolute Gasteiger partial charge is 0.356 e. The number of hydrogen-bond donors (Lipinski definition) is 1. The predicted molar refractivity (Wildman–Crippen MR) is 114 cm³/mol. The van der Waals surface area contributed by atoms with Gasteiger partial charge in [-0.05, 0) is 56.5 Å². The first-order chi connectivity index (χ1) is 15.0. The van der Waals surface area contributed by atoms with Gasteiger partial charge in [0.15, 0.2) is 0 Å². The standard InChI is InChI=1S/C23H25FN4O3/c1-3-10-25-21(29)16-5-4-11-28(13-16)23(30)18-12-19(15-6-8-17(24)9-7-15)26-22-20(18)14(2)27-31-22/h6-9,12,16H,3-5,10-11,13H2,1-2H3,(H,25,29). The van der Waals surface area contributed by atoms with Crippen molar-refractivity contribution in [2.24, 2.45) is 5.92 Å². The van der Waals surface area contributed by atoms with Crippen molar-refractivity contribution < 1.29 is 18.5 Å². The van der Waals surface area contributed by atoms with Gasteiger partial charge in [-0.15, -0.1) is 0 Å². The molecule has 1 aliphatic heterocycles. The van der Waals surface area contributed by atoms with Gasteiger partial charge in [0.2, 0.25) is 5.91 Å². The molecule has 7 nitrogen and oxygen atoms in total. The Labute approximate surface area is 179 Å². The fraction of sp³-hybridized carbons (Fsp3) is 0.391. The van der Waals surface area contributed by atoms with E-state index in [2.05, 4.69) is 15.5 Å². The molecule has 2 amide bonds. The first-order valence-corrected chi connectivity index (χ1v) is 10.6. The van der Waals surface area contributed by atoms with Crippen LogP contribution in [0, 0.1) is 18.7 Å². The van der Waals surface area contributed by atoms with Crippen LogP contribution in [0.25, 0.3) is 22.4 Å². The van der Waals surface area contributed by atoms with E-state index in [-0.39, 0.29) is 29.3 Å². The summed E-state index contributed by atoms with van der Waals surface area (Å²) in [6.07, 6.45) is 2.39. The molecule has 1 atom stereocenters. The van der Waals surface area contributed by atoms with Crippen LogP contribution in [-0.2, 0) is 4.79 Å². The summed E-state index contributed by atoms with van der Waals surface area (Å²) in [4.78, 5) is 32.2. The number of aryl methyl sites for hydroxylation is 1. The summed E-state index contributed by atoms with van der Waals surface area (Å²) in [5, 5.41) is 7.47. The number of pyridine rings is 1. The number of piperidine rings is 1. The second kappa shape index (κ2) is 8.83. The first kappa shape index (κ1) is 21.0. The van der Waals surface area contributed by atoms with E-state index in [0.29, 0.717) is 47.5 Å². The van der Waals surface area contributed by atoms with Crippen molar-refractivity contribution in [2.45, 2.75) is 33.1 Å². The summed E-state index contributed by atoms with van der Waals surface area (Å²) < 4.78 is 18.7. The molecule has 1 aliphatic rings. The molecule has 0 spiro atoms. The highest BCUT2D eigenvalue weighted by Crippen LogP contribution is 2.29. The van der Waals surface area contributed by atoms with Gasteiger partial charge in [0.05, 0.1) is 28.3 Å². The number of aromatic nitrogens is 2. The minimum atomic E-state index is -0.350. The zero-order valence-corrected chi connectivity index (χ0v) is 17.7. The molecular weight excluding hydrogens is 399 g/mol. The molecule has 3 heterocycles. The lowest BCUT2D eigenvalue weighted by molar-refractivity contribution is -0.126. The maximum atomic E-state index is 13.5. The van der Waals surface area contributed by atoms with Crippen LogP contribution in [-0.4, -0.2) is 46.5 Å². The first-order valence-electron chi connectivity index (χ1n) is 10.6.